The van der Waals surface area contributed by atoms with Crippen LogP contribution in [0.3, 0.4) is 0 Å². The largest absolute Gasteiger partial charge is 0.409 e. The van der Waals surface area contributed by atoms with Crippen LogP contribution in [0.25, 0.3) is 0 Å². The van der Waals surface area contributed by atoms with E-state index in [2.05, 4.69) is 65.1 Å². The van der Waals surface area contributed by atoms with Gasteiger partial charge in [0.2, 0.25) is 0 Å². The molecule has 2 aliphatic rings. The van der Waals surface area contributed by atoms with Crippen molar-refractivity contribution >= 4 is 14.1 Å². The summed E-state index contributed by atoms with van der Waals surface area (Å²) in [5.41, 5.74) is 5.17. The summed E-state index contributed by atoms with van der Waals surface area (Å²) in [5, 5.41) is 0.164. The molecule has 1 aromatic rings. The maximum absolute atomic E-state index is 12.8. The van der Waals surface area contributed by atoms with Gasteiger partial charge in [-0.3, -0.25) is 4.79 Å². The van der Waals surface area contributed by atoms with Crippen molar-refractivity contribution in [1.29, 1.82) is 0 Å². The Balaban J connectivity index is 2.03. The summed E-state index contributed by atoms with van der Waals surface area (Å²) < 4.78 is 6.94. The predicted octanol–water partition coefficient (Wildman–Crippen LogP) is 6.38. The molecule has 3 rings (SSSR count). The fraction of sp³-hybridized carbons (Fsp3) is 0.609. The summed E-state index contributed by atoms with van der Waals surface area (Å²) in [7, 11) is -1.92. The lowest BCUT2D eigenvalue weighted by molar-refractivity contribution is -0.116. The van der Waals surface area contributed by atoms with E-state index in [0.717, 1.165) is 31.3 Å². The van der Waals surface area contributed by atoms with E-state index in [1.54, 1.807) is 0 Å². The second kappa shape index (κ2) is 7.08. The first-order chi connectivity index (χ1) is 12.2. The van der Waals surface area contributed by atoms with Crippen molar-refractivity contribution in [3.8, 4) is 0 Å². The zero-order chi connectivity index (χ0) is 19.1. The standard InChI is InChI=1S/C23H34O2Si/c1-7-8-12-18-19-14-16-11-9-10-13-17(16)22(20(19)15-21(18)24)25-26(5,6)23(2,3)4/h9-11,13,20,22H,7-8,12,14-15H2,1-6H3/t20-,22-/m0/s1. The van der Waals surface area contributed by atoms with Crippen LogP contribution >= 0.6 is 0 Å². The molecular formula is C23H34O2Si. The van der Waals surface area contributed by atoms with Crippen LogP contribution < -0.4 is 0 Å². The summed E-state index contributed by atoms with van der Waals surface area (Å²) in [6.45, 7) is 13.7. The van der Waals surface area contributed by atoms with Crippen LogP contribution in [-0.4, -0.2) is 14.1 Å². The quantitative estimate of drug-likeness (QED) is 0.562. The lowest BCUT2D eigenvalue weighted by Gasteiger charge is -2.43. The first kappa shape index (κ1) is 19.6. The van der Waals surface area contributed by atoms with Crippen molar-refractivity contribution in [3.63, 3.8) is 0 Å². The summed E-state index contributed by atoms with van der Waals surface area (Å²) >= 11 is 0. The zero-order valence-corrected chi connectivity index (χ0v) is 18.3. The molecule has 0 saturated heterocycles. The smallest absolute Gasteiger partial charge is 0.192 e. The SMILES string of the molecule is CCCCC1=C2Cc3ccccc3[C@H](O[Si](C)(C)C(C)(C)C)[C@H]2CC1=O. The van der Waals surface area contributed by atoms with Gasteiger partial charge < -0.3 is 4.43 Å². The maximum Gasteiger partial charge on any atom is 0.192 e. The van der Waals surface area contributed by atoms with Crippen molar-refractivity contribution in [2.75, 3.05) is 0 Å². The van der Waals surface area contributed by atoms with E-state index in [9.17, 15) is 4.79 Å². The molecular weight excluding hydrogens is 336 g/mol. The molecule has 0 unspecified atom stereocenters. The molecule has 0 heterocycles. The Bertz CT molecular complexity index is 724. The monoisotopic (exact) mass is 370 g/mol. The highest BCUT2D eigenvalue weighted by Crippen LogP contribution is 2.51. The first-order valence-corrected chi connectivity index (χ1v) is 13.1. The third-order valence-electron chi connectivity index (χ3n) is 6.69. The number of Topliss-reactive ketones (excluding diaryl/α,β-unsaturated/α-hetero) is 1. The molecule has 2 atom stereocenters. The fourth-order valence-corrected chi connectivity index (χ4v) is 5.34. The van der Waals surface area contributed by atoms with E-state index in [4.69, 9.17) is 4.43 Å². The van der Waals surface area contributed by atoms with Gasteiger partial charge in [0, 0.05) is 12.3 Å². The number of allylic oxidation sites excluding steroid dienone is 1. The molecule has 0 spiro atoms. The number of carbonyl (C=O) groups excluding carboxylic acids is 1. The van der Waals surface area contributed by atoms with E-state index >= 15 is 0 Å². The number of carbonyl (C=O) groups is 1. The first-order valence-electron chi connectivity index (χ1n) is 10.2. The van der Waals surface area contributed by atoms with E-state index in [0.29, 0.717) is 12.2 Å². The molecule has 3 heteroatoms. The minimum atomic E-state index is -1.92. The molecule has 0 aliphatic heterocycles. The van der Waals surface area contributed by atoms with Gasteiger partial charge in [0.05, 0.1) is 6.10 Å². The summed E-state index contributed by atoms with van der Waals surface area (Å²) in [5.74, 6) is 0.619. The Morgan fingerprint density at radius 3 is 2.54 bits per heavy atom. The van der Waals surface area contributed by atoms with Crippen LogP contribution in [-0.2, 0) is 15.6 Å². The molecule has 0 aromatic heterocycles. The van der Waals surface area contributed by atoms with Crippen molar-refractivity contribution in [3.05, 3.63) is 46.5 Å². The van der Waals surface area contributed by atoms with Crippen LogP contribution in [0.1, 0.15) is 70.6 Å². The number of fused-ring (bicyclic) bond motifs is 2. The van der Waals surface area contributed by atoms with Crippen LogP contribution in [0.2, 0.25) is 18.1 Å². The average molecular weight is 371 g/mol. The lowest BCUT2D eigenvalue weighted by atomic mass is 9.78. The Hall–Kier alpha value is -1.19. The van der Waals surface area contributed by atoms with Crippen LogP contribution in [0.15, 0.2) is 35.4 Å². The molecule has 0 fully saturated rings. The Labute approximate surface area is 160 Å². The fourth-order valence-electron chi connectivity index (χ4n) is 4.06. The average Bonchev–Trinajstić information content (AvgIpc) is 2.87. The van der Waals surface area contributed by atoms with Crippen LogP contribution in [0.4, 0.5) is 0 Å². The third-order valence-corrected chi connectivity index (χ3v) is 11.1. The van der Waals surface area contributed by atoms with Gasteiger partial charge in [0.1, 0.15) is 0 Å². The van der Waals surface area contributed by atoms with Gasteiger partial charge in [-0.1, -0.05) is 64.0 Å². The van der Waals surface area contributed by atoms with E-state index in [1.165, 1.54) is 16.7 Å². The molecule has 26 heavy (non-hydrogen) atoms. The van der Waals surface area contributed by atoms with Gasteiger partial charge in [-0.2, -0.15) is 0 Å². The molecule has 0 radical (unpaired) electrons. The second-order valence-corrected chi connectivity index (χ2v) is 14.3. The van der Waals surface area contributed by atoms with Crippen molar-refractivity contribution < 1.29 is 9.22 Å². The normalized spacial score (nSPS) is 23.2. The predicted molar refractivity (Wildman–Crippen MR) is 111 cm³/mol. The van der Waals surface area contributed by atoms with Crippen LogP contribution in [0.5, 0.6) is 0 Å². The zero-order valence-electron chi connectivity index (χ0n) is 17.3. The van der Waals surface area contributed by atoms with E-state index in [1.807, 2.05) is 0 Å². The number of hydrogen-bond donors (Lipinski definition) is 0. The lowest BCUT2D eigenvalue weighted by Crippen LogP contribution is -2.44. The van der Waals surface area contributed by atoms with Gasteiger partial charge in [-0.05, 0) is 54.1 Å². The van der Waals surface area contributed by atoms with Crippen molar-refractivity contribution in [2.45, 2.75) is 84.0 Å². The third kappa shape index (κ3) is 3.48. The number of rotatable bonds is 5. The molecule has 142 valence electrons. The Morgan fingerprint density at radius 1 is 1.19 bits per heavy atom. The molecule has 0 saturated carbocycles. The highest BCUT2D eigenvalue weighted by atomic mass is 28.4. The van der Waals surface area contributed by atoms with E-state index in [-0.39, 0.29) is 17.1 Å². The summed E-state index contributed by atoms with van der Waals surface area (Å²) in [4.78, 5) is 12.8. The van der Waals surface area contributed by atoms with Gasteiger partial charge in [-0.15, -0.1) is 0 Å². The number of ketones is 1. The van der Waals surface area contributed by atoms with Crippen LogP contribution in [0, 0.1) is 5.92 Å². The molecule has 0 amide bonds. The Morgan fingerprint density at radius 2 is 1.88 bits per heavy atom. The minimum Gasteiger partial charge on any atom is -0.409 e. The Kier molecular flexibility index (Phi) is 5.33. The van der Waals surface area contributed by atoms with Gasteiger partial charge >= 0.3 is 0 Å². The highest BCUT2D eigenvalue weighted by Gasteiger charge is 2.46. The number of unbranched alkanes of at least 4 members (excludes halogenated alkanes) is 1. The molecule has 0 N–H and O–H groups in total. The van der Waals surface area contributed by atoms with Gasteiger partial charge in [0.15, 0.2) is 14.1 Å². The highest BCUT2D eigenvalue weighted by molar-refractivity contribution is 6.74. The molecule has 0 bridgehead atoms. The maximum atomic E-state index is 12.8. The summed E-state index contributed by atoms with van der Waals surface area (Å²) in [6.07, 6.45) is 4.79. The van der Waals surface area contributed by atoms with Gasteiger partial charge in [0.25, 0.3) is 0 Å². The van der Waals surface area contributed by atoms with Crippen molar-refractivity contribution in [1.82, 2.24) is 0 Å². The minimum absolute atomic E-state index is 0.0407. The topological polar surface area (TPSA) is 26.3 Å². The summed E-state index contributed by atoms with van der Waals surface area (Å²) in [6, 6.07) is 8.68. The molecule has 1 aromatic carbocycles. The van der Waals surface area contributed by atoms with E-state index < -0.39 is 8.32 Å². The second-order valence-electron chi connectivity index (χ2n) is 9.52. The number of hydrogen-bond acceptors (Lipinski definition) is 2. The van der Waals surface area contributed by atoms with Crippen molar-refractivity contribution in [2.24, 2.45) is 5.92 Å². The number of benzene rings is 1. The molecule has 2 aliphatic carbocycles. The van der Waals surface area contributed by atoms with Gasteiger partial charge in [-0.25, -0.2) is 0 Å². The molecule has 2 nitrogen and oxygen atoms in total.